The summed E-state index contributed by atoms with van der Waals surface area (Å²) in [7, 11) is -3.89. The highest BCUT2D eigenvalue weighted by atomic mass is 32.2. The molecule has 0 radical (unpaired) electrons. The van der Waals surface area contributed by atoms with Crippen LogP contribution in [0.3, 0.4) is 0 Å². The van der Waals surface area contributed by atoms with E-state index in [1.165, 1.54) is 0 Å². The maximum atomic E-state index is 13.8. The average molecular weight is 473 g/mol. The second kappa shape index (κ2) is 9.77. The molecule has 9 nitrogen and oxygen atoms in total. The quantitative estimate of drug-likeness (QED) is 0.357. The first kappa shape index (κ1) is 24.8. The van der Waals surface area contributed by atoms with Crippen LogP contribution in [0.4, 0.5) is 24.5 Å². The van der Waals surface area contributed by atoms with Gasteiger partial charge in [0.2, 0.25) is 5.91 Å². The molecule has 0 spiro atoms. The number of halogens is 3. The molecule has 0 bridgehead atoms. The summed E-state index contributed by atoms with van der Waals surface area (Å²) in [6.45, 7) is 0.994. The highest BCUT2D eigenvalue weighted by Crippen LogP contribution is 2.23. The molecule has 172 valence electrons. The predicted molar refractivity (Wildman–Crippen MR) is 107 cm³/mol. The van der Waals surface area contributed by atoms with Gasteiger partial charge in [-0.3, -0.25) is 19.7 Å². The van der Waals surface area contributed by atoms with E-state index >= 15 is 0 Å². The molecule has 0 atom stereocenters. The van der Waals surface area contributed by atoms with E-state index < -0.39 is 66.8 Å². The van der Waals surface area contributed by atoms with Crippen molar-refractivity contribution in [1.82, 2.24) is 4.90 Å². The molecule has 0 saturated carbocycles. The molecule has 2 aromatic carbocycles. The van der Waals surface area contributed by atoms with Gasteiger partial charge < -0.3 is 10.2 Å². The van der Waals surface area contributed by atoms with Crippen molar-refractivity contribution in [2.45, 2.75) is 18.2 Å². The van der Waals surface area contributed by atoms with Gasteiger partial charge in [-0.05, 0) is 24.6 Å². The largest absolute Gasteiger partial charge is 0.329 e. The van der Waals surface area contributed by atoms with Crippen LogP contribution >= 0.6 is 0 Å². The van der Waals surface area contributed by atoms with Gasteiger partial charge in [0, 0.05) is 30.5 Å². The van der Waals surface area contributed by atoms with Crippen molar-refractivity contribution in [2.24, 2.45) is 0 Å². The van der Waals surface area contributed by atoms with Crippen molar-refractivity contribution in [2.75, 3.05) is 24.7 Å². The molecule has 0 heterocycles. The van der Waals surface area contributed by atoms with Crippen LogP contribution in [0.25, 0.3) is 0 Å². The van der Waals surface area contributed by atoms with Crippen LogP contribution in [0.15, 0.2) is 35.2 Å². The monoisotopic (exact) mass is 473 g/mol. The number of nitro benzene ring substituents is 1. The Morgan fingerprint density at radius 3 is 2.34 bits per heavy atom. The molecular formula is C19H18F3N3O6S. The van der Waals surface area contributed by atoms with Crippen LogP contribution in [-0.4, -0.2) is 49.4 Å². The number of nitrogens with one attached hydrogen (secondary N) is 1. The van der Waals surface area contributed by atoms with Crippen molar-refractivity contribution in [1.29, 1.82) is 0 Å². The van der Waals surface area contributed by atoms with Gasteiger partial charge in [0.1, 0.15) is 6.54 Å². The SMILES string of the molecule is CCCN(CC(=O)Nc1ccc(F)c(F)c1F)C(=O)c1cc([N+](=O)[O-])cc(S(C)(=O)=O)c1. The second-order valence-electron chi connectivity index (χ2n) is 6.74. The van der Waals surface area contributed by atoms with Crippen molar-refractivity contribution < 1.29 is 36.1 Å². The Morgan fingerprint density at radius 1 is 1.12 bits per heavy atom. The topological polar surface area (TPSA) is 127 Å². The van der Waals surface area contributed by atoms with Gasteiger partial charge in [-0.2, -0.15) is 0 Å². The van der Waals surface area contributed by atoms with Crippen LogP contribution < -0.4 is 5.32 Å². The van der Waals surface area contributed by atoms with Gasteiger partial charge in [-0.25, -0.2) is 21.6 Å². The van der Waals surface area contributed by atoms with E-state index in [9.17, 15) is 41.3 Å². The van der Waals surface area contributed by atoms with Crippen molar-refractivity contribution in [3.8, 4) is 0 Å². The zero-order chi connectivity index (χ0) is 24.2. The number of carbonyl (C=O) groups excluding carboxylic acids is 2. The van der Waals surface area contributed by atoms with E-state index in [0.717, 1.165) is 35.4 Å². The number of sulfone groups is 1. The number of amides is 2. The van der Waals surface area contributed by atoms with Crippen LogP contribution in [0.2, 0.25) is 0 Å². The first-order valence-corrected chi connectivity index (χ1v) is 11.0. The Labute approximate surface area is 180 Å². The number of nitrogens with zero attached hydrogens (tertiary/aromatic N) is 2. The molecule has 0 saturated heterocycles. The number of carbonyl (C=O) groups is 2. The first-order chi connectivity index (χ1) is 14.8. The average Bonchev–Trinajstić information content (AvgIpc) is 2.72. The lowest BCUT2D eigenvalue weighted by molar-refractivity contribution is -0.385. The lowest BCUT2D eigenvalue weighted by Gasteiger charge is -2.22. The highest BCUT2D eigenvalue weighted by Gasteiger charge is 2.24. The van der Waals surface area contributed by atoms with E-state index in [2.05, 4.69) is 0 Å². The van der Waals surface area contributed by atoms with E-state index in [-0.39, 0.29) is 12.1 Å². The molecular weight excluding hydrogens is 455 g/mol. The molecule has 0 fully saturated rings. The lowest BCUT2D eigenvalue weighted by Crippen LogP contribution is -2.38. The minimum Gasteiger partial charge on any atom is -0.329 e. The number of benzene rings is 2. The molecule has 1 N–H and O–H groups in total. The predicted octanol–water partition coefficient (Wildman–Crippen LogP) is 2.91. The Morgan fingerprint density at radius 2 is 1.78 bits per heavy atom. The standard InChI is InChI=1S/C19H18F3N3O6S/c1-3-6-24(10-16(26)23-15-5-4-14(20)17(21)18(15)22)19(27)11-7-12(25(28)29)9-13(8-11)32(2,30)31/h4-5,7-9H,3,6,10H2,1-2H3,(H,23,26). The number of hydrogen-bond donors (Lipinski definition) is 1. The van der Waals surface area contributed by atoms with Gasteiger partial charge >= 0.3 is 0 Å². The summed E-state index contributed by atoms with van der Waals surface area (Å²) in [5, 5.41) is 13.2. The smallest absolute Gasteiger partial charge is 0.271 e. The fourth-order valence-electron chi connectivity index (χ4n) is 2.72. The molecule has 0 aliphatic rings. The molecule has 2 amide bonds. The summed E-state index contributed by atoms with van der Waals surface area (Å²) in [6.07, 6.45) is 1.17. The number of non-ortho nitro benzene ring substituents is 1. The van der Waals surface area contributed by atoms with Crippen molar-refractivity contribution in [3.05, 3.63) is 63.5 Å². The minimum absolute atomic E-state index is 0.0105. The summed E-state index contributed by atoms with van der Waals surface area (Å²) < 4.78 is 63.8. The van der Waals surface area contributed by atoms with Crippen molar-refractivity contribution in [3.63, 3.8) is 0 Å². The van der Waals surface area contributed by atoms with Crippen LogP contribution in [0.1, 0.15) is 23.7 Å². The molecule has 2 aromatic rings. The molecule has 0 aliphatic heterocycles. The third-order valence-corrected chi connectivity index (χ3v) is 5.29. The Bertz CT molecular complexity index is 1190. The Hall–Kier alpha value is -3.48. The van der Waals surface area contributed by atoms with Crippen LogP contribution in [-0.2, 0) is 14.6 Å². The number of hydrogen-bond acceptors (Lipinski definition) is 6. The van der Waals surface area contributed by atoms with Gasteiger partial charge in [0.15, 0.2) is 27.3 Å². The van der Waals surface area contributed by atoms with Gasteiger partial charge in [0.25, 0.3) is 11.6 Å². The maximum absolute atomic E-state index is 13.8. The van der Waals surface area contributed by atoms with E-state index in [4.69, 9.17) is 0 Å². The zero-order valence-electron chi connectivity index (χ0n) is 16.9. The normalized spacial score (nSPS) is 11.2. The number of rotatable bonds is 8. The fraction of sp³-hybridized carbons (Fsp3) is 0.263. The molecule has 0 aliphatic carbocycles. The molecule has 13 heteroatoms. The second-order valence-corrected chi connectivity index (χ2v) is 8.76. The van der Waals surface area contributed by atoms with Crippen LogP contribution in [0.5, 0.6) is 0 Å². The summed E-state index contributed by atoms with van der Waals surface area (Å²) in [4.78, 5) is 36.0. The first-order valence-electron chi connectivity index (χ1n) is 9.07. The summed E-state index contributed by atoms with van der Waals surface area (Å²) in [6, 6.07) is 4.02. The molecule has 32 heavy (non-hydrogen) atoms. The summed E-state index contributed by atoms with van der Waals surface area (Å²) in [5.74, 6) is -6.69. The maximum Gasteiger partial charge on any atom is 0.271 e. The number of anilines is 1. The van der Waals surface area contributed by atoms with Crippen LogP contribution in [0, 0.1) is 27.6 Å². The van der Waals surface area contributed by atoms with Gasteiger partial charge in [-0.1, -0.05) is 6.92 Å². The van der Waals surface area contributed by atoms with E-state index in [0.29, 0.717) is 12.5 Å². The lowest BCUT2D eigenvalue weighted by atomic mass is 10.1. The van der Waals surface area contributed by atoms with Gasteiger partial charge in [0.05, 0.1) is 15.5 Å². The zero-order valence-corrected chi connectivity index (χ0v) is 17.7. The van der Waals surface area contributed by atoms with E-state index in [1.54, 1.807) is 6.92 Å². The van der Waals surface area contributed by atoms with Gasteiger partial charge in [-0.15, -0.1) is 0 Å². The number of nitro groups is 1. The summed E-state index contributed by atoms with van der Waals surface area (Å²) in [5.41, 5.74) is -1.63. The third-order valence-electron chi connectivity index (χ3n) is 4.20. The van der Waals surface area contributed by atoms with E-state index in [1.807, 2.05) is 5.32 Å². The fourth-order valence-corrected chi connectivity index (χ4v) is 3.39. The Balaban J connectivity index is 2.33. The molecule has 2 rings (SSSR count). The summed E-state index contributed by atoms with van der Waals surface area (Å²) >= 11 is 0. The minimum atomic E-state index is -3.89. The highest BCUT2D eigenvalue weighted by molar-refractivity contribution is 7.90. The van der Waals surface area contributed by atoms with Crippen molar-refractivity contribution >= 4 is 33.0 Å². The Kier molecular flexibility index (Phi) is 7.56. The molecule has 0 aromatic heterocycles. The molecule has 0 unspecified atom stereocenters. The third kappa shape index (κ3) is 5.81.